The second-order valence-corrected chi connectivity index (χ2v) is 5.11. The number of rotatable bonds is 0. The molecule has 72 valence electrons. The van der Waals surface area contributed by atoms with Gasteiger partial charge in [-0.1, -0.05) is 12.8 Å². The first-order valence-corrected chi connectivity index (χ1v) is 5.61. The fraction of sp³-hybridized carbons (Fsp3) is 0.909. The molecule has 13 heavy (non-hydrogen) atoms. The molecule has 2 aliphatic carbocycles. The zero-order valence-corrected chi connectivity index (χ0v) is 8.01. The van der Waals surface area contributed by atoms with Crippen LogP contribution in [0.15, 0.2) is 0 Å². The number of amides is 1. The Bertz CT molecular complexity index is 244. The molecule has 1 spiro atoms. The predicted octanol–water partition coefficient (Wildman–Crippen LogP) is 1.85. The van der Waals surface area contributed by atoms with Gasteiger partial charge in [0.15, 0.2) is 0 Å². The first kappa shape index (κ1) is 7.84. The average Bonchev–Trinajstić information content (AvgIpc) is 2.46. The summed E-state index contributed by atoms with van der Waals surface area (Å²) in [6.07, 6.45) is 8.68. The molecule has 1 heterocycles. The van der Waals surface area contributed by atoms with Gasteiger partial charge in [0, 0.05) is 11.5 Å². The lowest BCUT2D eigenvalue weighted by atomic mass is 9.61. The summed E-state index contributed by atoms with van der Waals surface area (Å²) in [4.78, 5) is 11.8. The van der Waals surface area contributed by atoms with E-state index in [9.17, 15) is 4.79 Å². The first-order valence-electron chi connectivity index (χ1n) is 5.61. The van der Waals surface area contributed by atoms with Gasteiger partial charge in [0.25, 0.3) is 0 Å². The van der Waals surface area contributed by atoms with Crippen molar-refractivity contribution in [2.24, 2.45) is 11.3 Å². The standard InChI is InChI=1S/C11H17NO/c13-10-11(5-2-6-11)7-8-3-1-4-9(8)12-10/h8-9H,1-7H2,(H,12,13)/t8-,9-/m1/s1. The average molecular weight is 179 g/mol. The number of carbonyl (C=O) groups is 1. The zero-order valence-electron chi connectivity index (χ0n) is 8.01. The summed E-state index contributed by atoms with van der Waals surface area (Å²) in [5.74, 6) is 1.19. The fourth-order valence-electron chi connectivity index (χ4n) is 3.42. The quantitative estimate of drug-likeness (QED) is 0.604. The van der Waals surface area contributed by atoms with Crippen LogP contribution in [0.2, 0.25) is 0 Å². The van der Waals surface area contributed by atoms with Crippen LogP contribution in [0.4, 0.5) is 0 Å². The topological polar surface area (TPSA) is 29.1 Å². The second-order valence-electron chi connectivity index (χ2n) is 5.11. The molecule has 0 aromatic carbocycles. The van der Waals surface area contributed by atoms with Gasteiger partial charge in [-0.15, -0.1) is 0 Å². The van der Waals surface area contributed by atoms with Crippen molar-refractivity contribution in [2.45, 2.75) is 51.0 Å². The van der Waals surface area contributed by atoms with Gasteiger partial charge in [0.2, 0.25) is 5.91 Å². The molecule has 3 aliphatic rings. The Hall–Kier alpha value is -0.530. The molecular weight excluding hydrogens is 162 g/mol. The van der Waals surface area contributed by atoms with Crippen molar-refractivity contribution in [3.05, 3.63) is 0 Å². The van der Waals surface area contributed by atoms with Gasteiger partial charge < -0.3 is 5.32 Å². The Kier molecular flexibility index (Phi) is 1.50. The molecule has 3 rings (SSSR count). The molecule has 1 amide bonds. The summed E-state index contributed by atoms with van der Waals surface area (Å²) in [7, 11) is 0. The van der Waals surface area contributed by atoms with E-state index in [1.54, 1.807) is 0 Å². The van der Waals surface area contributed by atoms with Crippen LogP contribution in [0, 0.1) is 11.3 Å². The largest absolute Gasteiger partial charge is 0.353 e. The summed E-state index contributed by atoms with van der Waals surface area (Å²) in [6.45, 7) is 0. The zero-order chi connectivity index (χ0) is 8.89. The van der Waals surface area contributed by atoms with Gasteiger partial charge >= 0.3 is 0 Å². The Morgan fingerprint density at radius 1 is 1.23 bits per heavy atom. The third-order valence-electron chi connectivity index (χ3n) is 4.42. The minimum absolute atomic E-state index is 0.103. The molecule has 2 heteroatoms. The highest BCUT2D eigenvalue weighted by molar-refractivity contribution is 5.84. The van der Waals surface area contributed by atoms with Crippen LogP contribution < -0.4 is 5.32 Å². The van der Waals surface area contributed by atoms with Gasteiger partial charge in [-0.05, 0) is 38.0 Å². The van der Waals surface area contributed by atoms with E-state index in [2.05, 4.69) is 5.32 Å². The van der Waals surface area contributed by atoms with Crippen molar-refractivity contribution < 1.29 is 4.79 Å². The fourth-order valence-corrected chi connectivity index (χ4v) is 3.42. The number of hydrogen-bond donors (Lipinski definition) is 1. The molecule has 1 saturated heterocycles. The third-order valence-corrected chi connectivity index (χ3v) is 4.42. The Labute approximate surface area is 79.1 Å². The Balaban J connectivity index is 1.82. The summed E-state index contributed by atoms with van der Waals surface area (Å²) >= 11 is 0. The lowest BCUT2D eigenvalue weighted by molar-refractivity contribution is -0.142. The molecular formula is C11H17NO. The van der Waals surface area contributed by atoms with E-state index >= 15 is 0 Å². The summed E-state index contributed by atoms with van der Waals surface area (Å²) in [6, 6.07) is 0.540. The van der Waals surface area contributed by atoms with Gasteiger partial charge in [0.05, 0.1) is 0 Å². The molecule has 0 aromatic rings. The van der Waals surface area contributed by atoms with Crippen LogP contribution in [-0.4, -0.2) is 11.9 Å². The number of fused-ring (bicyclic) bond motifs is 1. The van der Waals surface area contributed by atoms with Crippen molar-refractivity contribution in [1.29, 1.82) is 0 Å². The van der Waals surface area contributed by atoms with E-state index in [1.165, 1.54) is 32.1 Å². The van der Waals surface area contributed by atoms with Gasteiger partial charge in [0.1, 0.15) is 0 Å². The number of nitrogens with one attached hydrogen (secondary N) is 1. The molecule has 2 nitrogen and oxygen atoms in total. The molecule has 0 radical (unpaired) electrons. The third kappa shape index (κ3) is 0.976. The molecule has 0 aromatic heterocycles. The minimum atomic E-state index is 0.103. The van der Waals surface area contributed by atoms with Crippen LogP contribution in [0.3, 0.4) is 0 Å². The molecule has 1 N–H and O–H groups in total. The molecule has 0 bridgehead atoms. The molecule has 2 atom stereocenters. The summed E-state index contributed by atoms with van der Waals surface area (Å²) in [5.41, 5.74) is 0.103. The molecule has 1 aliphatic heterocycles. The van der Waals surface area contributed by atoms with Crippen molar-refractivity contribution in [3.8, 4) is 0 Å². The first-order chi connectivity index (χ1) is 6.30. The normalized spacial score (nSPS) is 41.1. The minimum Gasteiger partial charge on any atom is -0.353 e. The van der Waals surface area contributed by atoms with Crippen LogP contribution in [0.1, 0.15) is 44.9 Å². The van der Waals surface area contributed by atoms with Gasteiger partial charge in [-0.25, -0.2) is 0 Å². The van der Waals surface area contributed by atoms with Crippen molar-refractivity contribution in [1.82, 2.24) is 5.32 Å². The van der Waals surface area contributed by atoms with Gasteiger partial charge in [-0.2, -0.15) is 0 Å². The Morgan fingerprint density at radius 3 is 2.77 bits per heavy atom. The molecule has 3 fully saturated rings. The van der Waals surface area contributed by atoms with E-state index in [0.717, 1.165) is 18.8 Å². The highest BCUT2D eigenvalue weighted by Crippen LogP contribution is 2.51. The van der Waals surface area contributed by atoms with Crippen LogP contribution in [0.25, 0.3) is 0 Å². The summed E-state index contributed by atoms with van der Waals surface area (Å²) < 4.78 is 0. The van der Waals surface area contributed by atoms with Crippen molar-refractivity contribution in [3.63, 3.8) is 0 Å². The van der Waals surface area contributed by atoms with Crippen molar-refractivity contribution >= 4 is 5.91 Å². The van der Waals surface area contributed by atoms with Crippen LogP contribution in [-0.2, 0) is 4.79 Å². The number of carbonyl (C=O) groups excluding carboxylic acids is 1. The maximum atomic E-state index is 11.8. The molecule has 2 saturated carbocycles. The highest BCUT2D eigenvalue weighted by Gasteiger charge is 2.51. The Morgan fingerprint density at radius 2 is 2.08 bits per heavy atom. The second kappa shape index (κ2) is 2.49. The van der Waals surface area contributed by atoms with Crippen LogP contribution >= 0.6 is 0 Å². The highest BCUT2D eigenvalue weighted by atomic mass is 16.2. The van der Waals surface area contributed by atoms with Crippen LogP contribution in [0.5, 0.6) is 0 Å². The lowest BCUT2D eigenvalue weighted by Gasteiger charge is -2.47. The van der Waals surface area contributed by atoms with E-state index in [-0.39, 0.29) is 5.41 Å². The van der Waals surface area contributed by atoms with E-state index in [1.807, 2.05) is 0 Å². The smallest absolute Gasteiger partial charge is 0.226 e. The number of piperidine rings is 1. The summed E-state index contributed by atoms with van der Waals surface area (Å²) in [5, 5.41) is 3.23. The van der Waals surface area contributed by atoms with Gasteiger partial charge in [-0.3, -0.25) is 4.79 Å². The van der Waals surface area contributed by atoms with E-state index < -0.39 is 0 Å². The SMILES string of the molecule is O=C1N[C@@H]2CCC[C@@H]2CC12CCC2. The van der Waals surface area contributed by atoms with E-state index in [0.29, 0.717) is 11.9 Å². The maximum absolute atomic E-state index is 11.8. The van der Waals surface area contributed by atoms with Crippen molar-refractivity contribution in [2.75, 3.05) is 0 Å². The number of hydrogen-bond acceptors (Lipinski definition) is 1. The monoisotopic (exact) mass is 179 g/mol. The molecule has 0 unspecified atom stereocenters. The predicted molar refractivity (Wildman–Crippen MR) is 50.2 cm³/mol. The lowest BCUT2D eigenvalue weighted by Crippen LogP contribution is -2.56. The van der Waals surface area contributed by atoms with E-state index in [4.69, 9.17) is 0 Å². The maximum Gasteiger partial charge on any atom is 0.226 e.